The number of hydrogen-bond acceptors (Lipinski definition) is 6. The molecule has 0 unspecified atom stereocenters. The molecule has 0 spiro atoms. The molecule has 0 radical (unpaired) electrons. The van der Waals surface area contributed by atoms with Crippen molar-refractivity contribution in [1.29, 1.82) is 0 Å². The summed E-state index contributed by atoms with van der Waals surface area (Å²) in [5.41, 5.74) is -3.45. The molecule has 0 aliphatic rings. The van der Waals surface area contributed by atoms with Crippen LogP contribution in [-0.2, 0) is 65.0 Å². The first-order chi connectivity index (χ1) is 30.9. The minimum atomic E-state index is -6.09. The molecule has 0 aliphatic carbocycles. The van der Waals surface area contributed by atoms with Gasteiger partial charge in [0, 0.05) is 0 Å². The molecule has 0 atom stereocenters. The van der Waals surface area contributed by atoms with Crippen LogP contribution in [0.3, 0.4) is 0 Å². The van der Waals surface area contributed by atoms with E-state index in [0.717, 1.165) is 0 Å². The summed E-state index contributed by atoms with van der Waals surface area (Å²) in [7, 11) is -14.0. The average Bonchev–Trinajstić information content (AvgIpc) is 3.25. The summed E-state index contributed by atoms with van der Waals surface area (Å²) < 4.78 is 118. The van der Waals surface area contributed by atoms with Gasteiger partial charge >= 0.3 is 55.8 Å². The summed E-state index contributed by atoms with van der Waals surface area (Å²) in [5.74, 6) is 0. The Labute approximate surface area is 425 Å². The van der Waals surface area contributed by atoms with Gasteiger partial charge in [0.05, 0.1) is 0 Å². The van der Waals surface area contributed by atoms with Crippen LogP contribution in [0.2, 0.25) is 0 Å². The first kappa shape index (κ1) is 56.6. The Morgan fingerprint density at radius 1 is 0.368 bits per heavy atom. The Morgan fingerprint density at radius 2 is 0.588 bits per heavy atom. The van der Waals surface area contributed by atoms with Crippen LogP contribution in [0.25, 0.3) is 32.7 Å². The van der Waals surface area contributed by atoms with Gasteiger partial charge in [0.25, 0.3) is 0 Å². The molecule has 0 amide bonds. The second-order valence-corrected chi connectivity index (χ2v) is 22.3. The number of halogens is 6. The van der Waals surface area contributed by atoms with Gasteiger partial charge in [0.15, 0.2) is 20.2 Å². The molecular formula is C50H40Ag2F6O6P2S2. The summed E-state index contributed by atoms with van der Waals surface area (Å²) in [4.78, 5) is 0. The molecule has 0 heterocycles. The van der Waals surface area contributed by atoms with E-state index in [9.17, 15) is 26.3 Å². The van der Waals surface area contributed by atoms with Crippen LogP contribution in [0.5, 0.6) is 0 Å². The van der Waals surface area contributed by atoms with E-state index in [4.69, 9.17) is 25.9 Å². The van der Waals surface area contributed by atoms with E-state index in [1.54, 1.807) is 0 Å². The molecule has 0 aromatic heterocycles. The standard InChI is InChI=1S/C48H40P2.2CHF3O3S.2Ag/c1-33-13-23-39(24-14-33)49(40-25-15-34(2)16-26-40)45-31-21-37-9-5-7-11-43(37)47(45)48-44-12-8-6-10-38(44)22-32-46(48)50(41-27-17-35(3)18-28-41)42-29-19-36(4)20-30-42;2*2-1(3,4)8(5,6)7;;/h5-32H,1-4H3;2*(H,5,6,7);;/q;;;2*+1/p-2. The number of benzene rings is 8. The van der Waals surface area contributed by atoms with Gasteiger partial charge in [-0.1, -0.05) is 192 Å². The monoisotopic (exact) mass is 1190 g/mol. The van der Waals surface area contributed by atoms with E-state index in [-0.39, 0.29) is 44.8 Å². The summed E-state index contributed by atoms with van der Waals surface area (Å²) in [5, 5.41) is 13.4. The molecule has 0 N–H and O–H groups in total. The molecule has 8 aromatic carbocycles. The molecule has 8 aromatic rings. The smallest absolute Gasteiger partial charge is 0.741 e. The first-order valence-corrected chi connectivity index (χ1v) is 25.4. The molecule has 18 heteroatoms. The minimum absolute atomic E-state index is 0. The van der Waals surface area contributed by atoms with Crippen molar-refractivity contribution in [3.05, 3.63) is 192 Å². The van der Waals surface area contributed by atoms with E-state index in [2.05, 4.69) is 198 Å². The molecule has 8 rings (SSSR count). The summed E-state index contributed by atoms with van der Waals surface area (Å²) in [6.45, 7) is 8.72. The second kappa shape index (κ2) is 23.3. The summed E-state index contributed by atoms with van der Waals surface area (Å²) in [6, 6.07) is 64.6. The van der Waals surface area contributed by atoms with E-state index < -0.39 is 47.1 Å². The van der Waals surface area contributed by atoms with Crippen molar-refractivity contribution in [2.24, 2.45) is 0 Å². The molecule has 68 heavy (non-hydrogen) atoms. The summed E-state index contributed by atoms with van der Waals surface area (Å²) >= 11 is 0. The van der Waals surface area contributed by atoms with Crippen LogP contribution in [0.15, 0.2) is 170 Å². The van der Waals surface area contributed by atoms with Crippen molar-refractivity contribution < 1.29 is 97.0 Å². The third-order valence-electron chi connectivity index (χ3n) is 10.3. The molecule has 0 bridgehead atoms. The van der Waals surface area contributed by atoms with Crippen molar-refractivity contribution in [3.63, 3.8) is 0 Å². The zero-order chi connectivity index (χ0) is 48.2. The van der Waals surface area contributed by atoms with Gasteiger partial charge in [0.1, 0.15) is 0 Å². The topological polar surface area (TPSA) is 114 Å². The SMILES string of the molecule is Cc1ccc(P(c2ccc(C)cc2)c2ccc3ccccc3c2-c2c(P(c3ccc(C)cc3)c3ccc(C)cc3)ccc3ccccc23)cc1.O=S(=O)([O-])C(F)(F)F.O=S(=O)([O-])C(F)(F)F.[Ag+].[Ag+]. The number of fused-ring (bicyclic) bond motifs is 2. The van der Waals surface area contributed by atoms with E-state index >= 15 is 0 Å². The Balaban J connectivity index is 0.000000483. The van der Waals surface area contributed by atoms with Crippen LogP contribution in [-0.4, -0.2) is 37.0 Å². The average molecular weight is 1190 g/mol. The van der Waals surface area contributed by atoms with Gasteiger partial charge in [-0.15, -0.1) is 0 Å². The summed E-state index contributed by atoms with van der Waals surface area (Å²) in [6.07, 6.45) is 0. The molecule has 6 nitrogen and oxygen atoms in total. The molecule has 0 saturated carbocycles. The number of rotatable bonds is 7. The van der Waals surface area contributed by atoms with Gasteiger partial charge < -0.3 is 9.11 Å². The van der Waals surface area contributed by atoms with Gasteiger partial charge in [-0.05, 0) is 108 Å². The maximum absolute atomic E-state index is 10.7. The maximum Gasteiger partial charge on any atom is 1.00 e. The number of aryl methyl sites for hydroxylation is 4. The predicted octanol–water partition coefficient (Wildman–Crippen LogP) is 10.5. The van der Waals surface area contributed by atoms with Crippen molar-refractivity contribution in [2.45, 2.75) is 38.7 Å². The Bertz CT molecular complexity index is 2900. The third kappa shape index (κ3) is 13.7. The Hall–Kier alpha value is -3.98. The second-order valence-electron chi connectivity index (χ2n) is 15.2. The van der Waals surface area contributed by atoms with E-state index in [1.165, 1.54) is 86.8 Å². The Morgan fingerprint density at radius 3 is 0.809 bits per heavy atom. The predicted molar refractivity (Wildman–Crippen MR) is 255 cm³/mol. The van der Waals surface area contributed by atoms with E-state index in [0.29, 0.717) is 0 Å². The van der Waals surface area contributed by atoms with Crippen LogP contribution in [0.1, 0.15) is 22.3 Å². The largest absolute Gasteiger partial charge is 1.00 e. The van der Waals surface area contributed by atoms with Gasteiger partial charge in [-0.25, -0.2) is 16.8 Å². The Kier molecular flexibility index (Phi) is 19.4. The fourth-order valence-corrected chi connectivity index (χ4v) is 11.9. The number of hydrogen-bond donors (Lipinski definition) is 0. The third-order valence-corrected chi connectivity index (χ3v) is 16.4. The van der Waals surface area contributed by atoms with Crippen LogP contribution in [0, 0.1) is 27.7 Å². The van der Waals surface area contributed by atoms with Crippen LogP contribution >= 0.6 is 15.8 Å². The first-order valence-electron chi connectivity index (χ1n) is 19.9. The molecule has 0 aliphatic heterocycles. The molecule has 0 saturated heterocycles. The molecule has 362 valence electrons. The minimum Gasteiger partial charge on any atom is -0.741 e. The fourth-order valence-electron chi connectivity index (χ4n) is 7.05. The van der Waals surface area contributed by atoms with Crippen LogP contribution < -0.4 is 31.8 Å². The van der Waals surface area contributed by atoms with Crippen LogP contribution in [0.4, 0.5) is 26.3 Å². The number of alkyl halides is 6. The zero-order valence-corrected chi connectivity index (χ0v) is 42.6. The fraction of sp³-hybridized carbons (Fsp3) is 0.120. The van der Waals surface area contributed by atoms with Gasteiger partial charge in [0.2, 0.25) is 0 Å². The zero-order valence-electron chi connectivity index (χ0n) is 36.2. The maximum atomic E-state index is 10.7. The normalized spacial score (nSPS) is 11.8. The van der Waals surface area contributed by atoms with Crippen molar-refractivity contribution in [3.8, 4) is 11.1 Å². The van der Waals surface area contributed by atoms with Gasteiger partial charge in [-0.2, -0.15) is 26.3 Å². The quantitative estimate of drug-likeness (QED) is 0.0516. The van der Waals surface area contributed by atoms with Crippen molar-refractivity contribution >= 4 is 89.5 Å². The van der Waals surface area contributed by atoms with Crippen molar-refractivity contribution in [1.82, 2.24) is 0 Å². The van der Waals surface area contributed by atoms with Crippen molar-refractivity contribution in [2.75, 3.05) is 0 Å². The molecular weight excluding hydrogens is 1150 g/mol. The molecule has 0 fully saturated rings. The van der Waals surface area contributed by atoms with E-state index in [1.807, 2.05) is 0 Å². The van der Waals surface area contributed by atoms with Gasteiger partial charge in [-0.3, -0.25) is 0 Å².